The first-order valence-electron chi connectivity index (χ1n) is 10.3. The summed E-state index contributed by atoms with van der Waals surface area (Å²) in [5.41, 5.74) is 0. The molecule has 1 aromatic heterocycles. The number of amides is 1. The molecule has 26 heavy (non-hydrogen) atoms. The lowest BCUT2D eigenvalue weighted by Crippen LogP contribution is -2.46. The Bertz CT molecular complexity index is 566. The van der Waals surface area contributed by atoms with Crippen molar-refractivity contribution in [3.05, 3.63) is 18.2 Å². The maximum absolute atomic E-state index is 12.5. The van der Waals surface area contributed by atoms with Crippen LogP contribution >= 0.6 is 0 Å². The first-order chi connectivity index (χ1) is 12.6. The van der Waals surface area contributed by atoms with Crippen LogP contribution in [0.25, 0.3) is 0 Å². The number of carbonyl (C=O) groups is 1. The highest BCUT2D eigenvalue weighted by molar-refractivity contribution is 5.78. The van der Waals surface area contributed by atoms with Gasteiger partial charge in [-0.3, -0.25) is 9.69 Å². The molecule has 1 amide bonds. The molecule has 0 spiro atoms. The molecule has 2 heterocycles. The number of likely N-dealkylation sites (tertiary alicyclic amines) is 1. The minimum absolute atomic E-state index is 0.138. The van der Waals surface area contributed by atoms with E-state index in [9.17, 15) is 9.90 Å². The van der Waals surface area contributed by atoms with Gasteiger partial charge in [0.05, 0.1) is 6.54 Å². The molecule has 2 aliphatic rings. The molecule has 146 valence electrons. The number of piperidine rings is 1. The fraction of sp³-hybridized carbons (Fsp3) is 0.800. The van der Waals surface area contributed by atoms with E-state index in [2.05, 4.69) is 15.2 Å². The quantitative estimate of drug-likeness (QED) is 0.844. The van der Waals surface area contributed by atoms with Crippen LogP contribution in [0, 0.1) is 5.92 Å². The lowest BCUT2D eigenvalue weighted by Gasteiger charge is -2.34. The first kappa shape index (κ1) is 19.4. The van der Waals surface area contributed by atoms with Gasteiger partial charge in [0, 0.05) is 37.9 Å². The molecule has 0 aromatic carbocycles. The molecule has 2 atom stereocenters. The summed E-state index contributed by atoms with van der Waals surface area (Å²) in [7, 11) is 1.91. The third-order valence-corrected chi connectivity index (χ3v) is 5.95. The average Bonchev–Trinajstić information content (AvgIpc) is 3.03. The SMILES string of the molecule is Cn1ccnc1C(O)C1CCCN(CC(=O)NC2CCCCCCC2)C1. The van der Waals surface area contributed by atoms with Crippen molar-refractivity contribution in [1.82, 2.24) is 19.8 Å². The zero-order valence-electron chi connectivity index (χ0n) is 16.1. The van der Waals surface area contributed by atoms with Gasteiger partial charge in [0.2, 0.25) is 5.91 Å². The minimum Gasteiger partial charge on any atom is -0.385 e. The number of hydrogen-bond donors (Lipinski definition) is 2. The van der Waals surface area contributed by atoms with Crippen molar-refractivity contribution in [3.63, 3.8) is 0 Å². The topological polar surface area (TPSA) is 70.4 Å². The fourth-order valence-electron chi connectivity index (χ4n) is 4.44. The molecule has 1 aliphatic heterocycles. The van der Waals surface area contributed by atoms with Crippen molar-refractivity contribution in [2.24, 2.45) is 13.0 Å². The van der Waals surface area contributed by atoms with Gasteiger partial charge in [0.1, 0.15) is 11.9 Å². The largest absolute Gasteiger partial charge is 0.385 e. The molecule has 0 bridgehead atoms. The predicted molar refractivity (Wildman–Crippen MR) is 102 cm³/mol. The molecular weight excluding hydrogens is 328 g/mol. The molecule has 2 unspecified atom stereocenters. The number of aliphatic hydroxyl groups excluding tert-OH is 1. The van der Waals surface area contributed by atoms with Crippen LogP contribution in [0.2, 0.25) is 0 Å². The Balaban J connectivity index is 1.48. The van der Waals surface area contributed by atoms with Crippen molar-refractivity contribution >= 4 is 5.91 Å². The number of nitrogens with zero attached hydrogens (tertiary/aromatic N) is 3. The van der Waals surface area contributed by atoms with Gasteiger partial charge < -0.3 is 15.0 Å². The van der Waals surface area contributed by atoms with Crippen LogP contribution in [0.1, 0.15) is 69.7 Å². The van der Waals surface area contributed by atoms with Gasteiger partial charge in [0.15, 0.2) is 0 Å². The second kappa shape index (κ2) is 9.51. The normalized spacial score (nSPS) is 24.6. The van der Waals surface area contributed by atoms with Crippen LogP contribution in [0.15, 0.2) is 12.4 Å². The van der Waals surface area contributed by atoms with Gasteiger partial charge in [-0.05, 0) is 32.2 Å². The smallest absolute Gasteiger partial charge is 0.234 e. The maximum Gasteiger partial charge on any atom is 0.234 e. The van der Waals surface area contributed by atoms with Gasteiger partial charge in [-0.25, -0.2) is 4.98 Å². The van der Waals surface area contributed by atoms with Crippen molar-refractivity contribution in [1.29, 1.82) is 0 Å². The summed E-state index contributed by atoms with van der Waals surface area (Å²) in [6, 6.07) is 0.349. The molecule has 1 aliphatic carbocycles. The second-order valence-corrected chi connectivity index (χ2v) is 8.09. The monoisotopic (exact) mass is 362 g/mol. The van der Waals surface area contributed by atoms with Crippen LogP contribution in [-0.2, 0) is 11.8 Å². The molecular formula is C20H34N4O2. The van der Waals surface area contributed by atoms with E-state index in [4.69, 9.17) is 0 Å². The van der Waals surface area contributed by atoms with Crippen LogP contribution in [-0.4, -0.2) is 51.1 Å². The van der Waals surface area contributed by atoms with Gasteiger partial charge in [-0.1, -0.05) is 32.1 Å². The van der Waals surface area contributed by atoms with Gasteiger partial charge in [-0.15, -0.1) is 0 Å². The lowest BCUT2D eigenvalue weighted by atomic mass is 9.92. The van der Waals surface area contributed by atoms with E-state index in [1.165, 1.54) is 32.1 Å². The van der Waals surface area contributed by atoms with Crippen molar-refractivity contribution in [2.75, 3.05) is 19.6 Å². The molecule has 2 N–H and O–H groups in total. The molecule has 1 aromatic rings. The Labute approximate surface area is 157 Å². The second-order valence-electron chi connectivity index (χ2n) is 8.09. The number of aromatic nitrogens is 2. The van der Waals surface area contributed by atoms with Gasteiger partial charge in [-0.2, -0.15) is 0 Å². The zero-order valence-corrected chi connectivity index (χ0v) is 16.1. The molecule has 1 saturated carbocycles. The molecule has 6 nitrogen and oxygen atoms in total. The standard InChI is InChI=1S/C20H34N4O2/c1-23-13-11-21-20(23)19(26)16-8-7-12-24(14-16)15-18(25)22-17-9-5-3-2-4-6-10-17/h11,13,16-17,19,26H,2-10,12,14-15H2,1H3,(H,22,25). The van der Waals surface area contributed by atoms with E-state index < -0.39 is 6.10 Å². The van der Waals surface area contributed by atoms with Gasteiger partial charge >= 0.3 is 0 Å². The Morgan fingerprint density at radius 1 is 1.23 bits per heavy atom. The van der Waals surface area contributed by atoms with E-state index in [1.807, 2.05) is 17.8 Å². The molecule has 3 rings (SSSR count). The van der Waals surface area contributed by atoms with Crippen LogP contribution in [0.5, 0.6) is 0 Å². The molecule has 1 saturated heterocycles. The zero-order chi connectivity index (χ0) is 18.4. The number of rotatable bonds is 5. The van der Waals surface area contributed by atoms with E-state index in [1.54, 1.807) is 6.20 Å². The number of aryl methyl sites for hydroxylation is 1. The van der Waals surface area contributed by atoms with Crippen LogP contribution < -0.4 is 5.32 Å². The summed E-state index contributed by atoms with van der Waals surface area (Å²) in [6.07, 6.45) is 13.6. The fourth-order valence-corrected chi connectivity index (χ4v) is 4.44. The summed E-state index contributed by atoms with van der Waals surface area (Å²) < 4.78 is 1.88. The summed E-state index contributed by atoms with van der Waals surface area (Å²) in [5, 5.41) is 13.9. The third kappa shape index (κ3) is 5.30. The van der Waals surface area contributed by atoms with E-state index in [-0.39, 0.29) is 11.8 Å². The van der Waals surface area contributed by atoms with E-state index in [0.717, 1.165) is 44.6 Å². The Kier molecular flexibility index (Phi) is 7.08. The summed E-state index contributed by atoms with van der Waals surface area (Å²) in [4.78, 5) is 19.0. The maximum atomic E-state index is 12.5. The third-order valence-electron chi connectivity index (χ3n) is 5.95. The van der Waals surface area contributed by atoms with Crippen molar-refractivity contribution < 1.29 is 9.90 Å². The summed E-state index contributed by atoms with van der Waals surface area (Å²) >= 11 is 0. The van der Waals surface area contributed by atoms with E-state index in [0.29, 0.717) is 12.6 Å². The first-order valence-corrected chi connectivity index (χ1v) is 10.3. The average molecular weight is 363 g/mol. The molecule has 2 fully saturated rings. The number of aliphatic hydroxyl groups is 1. The highest BCUT2D eigenvalue weighted by Gasteiger charge is 2.30. The predicted octanol–water partition coefficient (Wildman–Crippen LogP) is 2.39. The lowest BCUT2D eigenvalue weighted by molar-refractivity contribution is -0.123. The van der Waals surface area contributed by atoms with Crippen LogP contribution in [0.3, 0.4) is 0 Å². The van der Waals surface area contributed by atoms with Crippen LogP contribution in [0.4, 0.5) is 0 Å². The number of imidazole rings is 1. The number of nitrogens with one attached hydrogen (secondary N) is 1. The summed E-state index contributed by atoms with van der Waals surface area (Å²) in [5.74, 6) is 0.998. The molecule has 0 radical (unpaired) electrons. The van der Waals surface area contributed by atoms with Gasteiger partial charge in [0.25, 0.3) is 0 Å². The summed E-state index contributed by atoms with van der Waals surface area (Å²) in [6.45, 7) is 2.13. The highest BCUT2D eigenvalue weighted by atomic mass is 16.3. The van der Waals surface area contributed by atoms with E-state index >= 15 is 0 Å². The number of hydrogen-bond acceptors (Lipinski definition) is 4. The number of carbonyl (C=O) groups excluding carboxylic acids is 1. The Morgan fingerprint density at radius 2 is 1.96 bits per heavy atom. The Hall–Kier alpha value is -1.40. The minimum atomic E-state index is -0.563. The molecule has 6 heteroatoms. The van der Waals surface area contributed by atoms with Crippen molar-refractivity contribution in [2.45, 2.75) is 69.9 Å². The highest BCUT2D eigenvalue weighted by Crippen LogP contribution is 2.28. The van der Waals surface area contributed by atoms with Crippen molar-refractivity contribution in [3.8, 4) is 0 Å². The Morgan fingerprint density at radius 3 is 2.65 bits per heavy atom.